The highest BCUT2D eigenvalue weighted by molar-refractivity contribution is 5.95. The van der Waals surface area contributed by atoms with Gasteiger partial charge in [0.15, 0.2) is 5.82 Å². The van der Waals surface area contributed by atoms with E-state index in [9.17, 15) is 0 Å². The normalized spacial score (nSPS) is 11.7. The Kier molecular flexibility index (Phi) is 4.56. The molecule has 6 nitrogen and oxygen atoms in total. The third kappa shape index (κ3) is 3.25. The van der Waals surface area contributed by atoms with Gasteiger partial charge in [-0.3, -0.25) is 10.1 Å². The number of para-hydroxylation sites is 2. The van der Waals surface area contributed by atoms with Crippen molar-refractivity contribution in [3.8, 4) is 22.6 Å². The smallest absolute Gasteiger partial charge is 0.159 e. The van der Waals surface area contributed by atoms with Crippen LogP contribution in [0.5, 0.6) is 0 Å². The molecule has 0 unspecified atom stereocenters. The fraction of sp³-hybridized carbons (Fsp3) is 0.208. The lowest BCUT2D eigenvalue weighted by atomic mass is 9.97. The highest BCUT2D eigenvalue weighted by Crippen LogP contribution is 2.32. The number of fused-ring (bicyclic) bond motifs is 2. The zero-order valence-electron chi connectivity index (χ0n) is 17.3. The Labute approximate surface area is 174 Å². The number of benzene rings is 2. The largest absolute Gasteiger partial charge is 0.337 e. The maximum absolute atomic E-state index is 4.72. The summed E-state index contributed by atoms with van der Waals surface area (Å²) >= 11 is 0. The number of imidazole rings is 1. The molecule has 3 heterocycles. The van der Waals surface area contributed by atoms with Crippen LogP contribution >= 0.6 is 0 Å². The molecule has 0 aliphatic heterocycles. The predicted octanol–water partition coefficient (Wildman–Crippen LogP) is 4.97. The Morgan fingerprint density at radius 1 is 1.03 bits per heavy atom. The van der Waals surface area contributed by atoms with Gasteiger partial charge in [0, 0.05) is 35.9 Å². The van der Waals surface area contributed by atoms with Crippen molar-refractivity contribution in [3.05, 3.63) is 66.0 Å². The number of hydrogen-bond donors (Lipinski definition) is 3. The van der Waals surface area contributed by atoms with E-state index in [1.54, 1.807) is 0 Å². The fourth-order valence-corrected chi connectivity index (χ4v) is 3.78. The van der Waals surface area contributed by atoms with Crippen LogP contribution in [0.25, 0.3) is 44.6 Å². The minimum Gasteiger partial charge on any atom is -0.337 e. The first-order valence-corrected chi connectivity index (χ1v) is 10.2. The van der Waals surface area contributed by atoms with E-state index in [4.69, 9.17) is 4.98 Å². The molecule has 3 aromatic heterocycles. The number of hydrogen-bond acceptors (Lipinski definition) is 4. The van der Waals surface area contributed by atoms with Crippen LogP contribution in [-0.4, -0.2) is 31.2 Å². The van der Waals surface area contributed by atoms with Gasteiger partial charge in [0.05, 0.1) is 16.6 Å². The third-order valence-electron chi connectivity index (χ3n) is 5.51. The van der Waals surface area contributed by atoms with Crippen molar-refractivity contribution in [2.75, 3.05) is 0 Å². The molecule has 6 heteroatoms. The summed E-state index contributed by atoms with van der Waals surface area (Å²) in [6, 6.07) is 14.8. The molecule has 5 aromatic rings. The van der Waals surface area contributed by atoms with Gasteiger partial charge in [-0.2, -0.15) is 5.10 Å². The van der Waals surface area contributed by atoms with Crippen molar-refractivity contribution in [3.63, 3.8) is 0 Å². The SMILES string of the molecule is Cc1c(CNC(C)C)cncc1-c1ccc2[nH]nc(-c3nc4ccccc4[nH]3)c2c1. The van der Waals surface area contributed by atoms with Gasteiger partial charge in [0.25, 0.3) is 0 Å². The van der Waals surface area contributed by atoms with Crippen LogP contribution in [0.15, 0.2) is 54.9 Å². The number of H-pyrrole nitrogens is 2. The van der Waals surface area contributed by atoms with E-state index in [0.717, 1.165) is 51.1 Å². The highest BCUT2D eigenvalue weighted by Gasteiger charge is 2.15. The molecular formula is C24H24N6. The third-order valence-corrected chi connectivity index (χ3v) is 5.51. The van der Waals surface area contributed by atoms with E-state index in [1.165, 1.54) is 11.1 Å². The molecule has 0 saturated heterocycles. The molecule has 3 N–H and O–H groups in total. The number of aromatic amines is 2. The molecule has 0 bridgehead atoms. The maximum atomic E-state index is 4.72. The number of aromatic nitrogens is 5. The molecule has 5 rings (SSSR count). The molecule has 2 aromatic carbocycles. The first-order chi connectivity index (χ1) is 14.6. The summed E-state index contributed by atoms with van der Waals surface area (Å²) < 4.78 is 0. The van der Waals surface area contributed by atoms with Crippen molar-refractivity contribution in [2.45, 2.75) is 33.4 Å². The molecule has 0 fully saturated rings. The number of rotatable bonds is 5. The zero-order valence-corrected chi connectivity index (χ0v) is 17.3. The summed E-state index contributed by atoms with van der Waals surface area (Å²) in [7, 11) is 0. The second kappa shape index (κ2) is 7.39. The van der Waals surface area contributed by atoms with Crippen molar-refractivity contribution in [1.29, 1.82) is 0 Å². The number of nitrogens with zero attached hydrogens (tertiary/aromatic N) is 3. The first kappa shape index (κ1) is 18.5. The summed E-state index contributed by atoms with van der Waals surface area (Å²) in [6.45, 7) is 7.27. The molecule has 0 amide bonds. The Morgan fingerprint density at radius 2 is 1.90 bits per heavy atom. The molecule has 0 radical (unpaired) electrons. The van der Waals surface area contributed by atoms with E-state index in [0.29, 0.717) is 6.04 Å². The van der Waals surface area contributed by atoms with Gasteiger partial charge >= 0.3 is 0 Å². The fourth-order valence-electron chi connectivity index (χ4n) is 3.78. The lowest BCUT2D eigenvalue weighted by Crippen LogP contribution is -2.22. The number of nitrogens with one attached hydrogen (secondary N) is 3. The molecule has 0 atom stereocenters. The van der Waals surface area contributed by atoms with Crippen LogP contribution in [0.4, 0.5) is 0 Å². The molecule has 0 aliphatic rings. The minimum atomic E-state index is 0.432. The van der Waals surface area contributed by atoms with Crippen molar-refractivity contribution in [2.24, 2.45) is 0 Å². The summed E-state index contributed by atoms with van der Waals surface area (Å²) in [5.74, 6) is 0.768. The molecular weight excluding hydrogens is 372 g/mol. The molecule has 0 spiro atoms. The molecule has 0 aliphatic carbocycles. The second-order valence-corrected chi connectivity index (χ2v) is 7.94. The van der Waals surface area contributed by atoms with Gasteiger partial charge < -0.3 is 10.3 Å². The zero-order chi connectivity index (χ0) is 20.7. The van der Waals surface area contributed by atoms with E-state index >= 15 is 0 Å². The average Bonchev–Trinajstić information content (AvgIpc) is 3.36. The van der Waals surface area contributed by atoms with Gasteiger partial charge in [-0.25, -0.2) is 4.98 Å². The molecule has 0 saturated carbocycles. The standard InChI is InChI=1S/C24H24N6/c1-14(2)26-12-17-11-25-13-19(15(17)3)16-8-9-20-18(10-16)23(30-29-20)24-27-21-6-4-5-7-22(21)28-24/h4-11,13-14,26H,12H2,1-3H3,(H,27,28)(H,29,30). The van der Waals surface area contributed by atoms with E-state index in [1.807, 2.05) is 36.7 Å². The summed E-state index contributed by atoms with van der Waals surface area (Å²) in [5.41, 5.74) is 8.46. The Balaban J connectivity index is 1.59. The highest BCUT2D eigenvalue weighted by atomic mass is 15.1. The van der Waals surface area contributed by atoms with Crippen molar-refractivity contribution < 1.29 is 0 Å². The summed E-state index contributed by atoms with van der Waals surface area (Å²) in [5, 5.41) is 12.2. The first-order valence-electron chi connectivity index (χ1n) is 10.2. The van der Waals surface area contributed by atoms with E-state index in [-0.39, 0.29) is 0 Å². The molecule has 30 heavy (non-hydrogen) atoms. The summed E-state index contributed by atoms with van der Waals surface area (Å²) in [4.78, 5) is 12.6. The van der Waals surface area contributed by atoms with E-state index in [2.05, 4.69) is 64.5 Å². The number of pyridine rings is 1. The Bertz CT molecular complexity index is 1310. The van der Waals surface area contributed by atoms with Gasteiger partial charge in [-0.1, -0.05) is 32.0 Å². The van der Waals surface area contributed by atoms with Crippen LogP contribution in [0.2, 0.25) is 0 Å². The second-order valence-electron chi connectivity index (χ2n) is 7.94. The summed E-state index contributed by atoms with van der Waals surface area (Å²) in [6.07, 6.45) is 3.89. The Morgan fingerprint density at radius 3 is 2.73 bits per heavy atom. The van der Waals surface area contributed by atoms with E-state index < -0.39 is 0 Å². The van der Waals surface area contributed by atoms with Crippen molar-refractivity contribution in [1.82, 2.24) is 30.5 Å². The topological polar surface area (TPSA) is 82.3 Å². The average molecular weight is 396 g/mol. The van der Waals surface area contributed by atoms with Crippen LogP contribution < -0.4 is 5.32 Å². The lowest BCUT2D eigenvalue weighted by molar-refractivity contribution is 0.586. The monoisotopic (exact) mass is 396 g/mol. The predicted molar refractivity (Wildman–Crippen MR) is 121 cm³/mol. The lowest BCUT2D eigenvalue weighted by Gasteiger charge is -2.13. The van der Waals surface area contributed by atoms with Gasteiger partial charge in [-0.05, 0) is 47.9 Å². The van der Waals surface area contributed by atoms with Gasteiger partial charge in [0.2, 0.25) is 0 Å². The van der Waals surface area contributed by atoms with Gasteiger partial charge in [0.1, 0.15) is 5.69 Å². The minimum absolute atomic E-state index is 0.432. The van der Waals surface area contributed by atoms with Crippen LogP contribution in [0.1, 0.15) is 25.0 Å². The molecule has 150 valence electrons. The van der Waals surface area contributed by atoms with Crippen LogP contribution in [0.3, 0.4) is 0 Å². The van der Waals surface area contributed by atoms with Crippen LogP contribution in [-0.2, 0) is 6.54 Å². The van der Waals surface area contributed by atoms with Crippen molar-refractivity contribution >= 4 is 21.9 Å². The maximum Gasteiger partial charge on any atom is 0.159 e. The van der Waals surface area contributed by atoms with Crippen LogP contribution in [0, 0.1) is 6.92 Å². The van der Waals surface area contributed by atoms with Gasteiger partial charge in [-0.15, -0.1) is 0 Å². The quantitative estimate of drug-likeness (QED) is 0.391. The Hall–Kier alpha value is -3.51.